The molecule has 0 spiro atoms. The molecule has 0 amide bonds. The first-order valence-electron chi connectivity index (χ1n) is 8.65. The lowest BCUT2D eigenvalue weighted by molar-refractivity contribution is -0.266. The minimum Gasteiger partial charge on any atom is -0.481 e. The second-order valence-electron chi connectivity index (χ2n) is 6.42. The van der Waals surface area contributed by atoms with E-state index < -0.39 is 48.4 Å². The summed E-state index contributed by atoms with van der Waals surface area (Å²) in [6.45, 7) is 3.97. The number of hydrogen-bond acceptors (Lipinski definition) is 8. The van der Waals surface area contributed by atoms with Crippen molar-refractivity contribution in [3.05, 3.63) is 29.8 Å². The number of carboxylic acids is 1. The molecule has 0 radical (unpaired) electrons. The number of esters is 2. The standard InChI is InChI=1S/C19H22O9/c1-10-15(8-16(23)24)17(26-11(2)21)18(27-12(3)22)19(25-10)28-14-6-4-13(9-20)5-7-14/h4-7,9-10,15,17-19H,8H2,1-3H3,(H,23,24)/t10-,15+,17+,18-,19-/m0/s1. The molecule has 0 aromatic heterocycles. The van der Waals surface area contributed by atoms with E-state index in [1.54, 1.807) is 6.92 Å². The van der Waals surface area contributed by atoms with Crippen LogP contribution < -0.4 is 4.74 Å². The average molecular weight is 394 g/mol. The molecule has 1 heterocycles. The smallest absolute Gasteiger partial charge is 0.303 e. The number of carbonyl (C=O) groups is 4. The number of aldehydes is 1. The highest BCUT2D eigenvalue weighted by atomic mass is 16.7. The number of carbonyl (C=O) groups excluding carboxylic acids is 3. The molecule has 28 heavy (non-hydrogen) atoms. The summed E-state index contributed by atoms with van der Waals surface area (Å²) in [6.07, 6.45) is -3.72. The summed E-state index contributed by atoms with van der Waals surface area (Å²) in [5, 5.41) is 9.19. The van der Waals surface area contributed by atoms with Crippen LogP contribution >= 0.6 is 0 Å². The van der Waals surface area contributed by atoms with Gasteiger partial charge < -0.3 is 24.1 Å². The van der Waals surface area contributed by atoms with E-state index in [2.05, 4.69) is 0 Å². The molecule has 1 saturated heterocycles. The predicted molar refractivity (Wildman–Crippen MR) is 93.6 cm³/mol. The van der Waals surface area contributed by atoms with Gasteiger partial charge in [-0.1, -0.05) is 0 Å². The number of carboxylic acid groups (broad SMARTS) is 1. The minimum absolute atomic E-state index is 0.332. The SMILES string of the molecule is CC(=O)O[C@@H]1[C@H](Oc2ccc(C=O)cc2)O[C@@H](C)[C@@H](CC(=O)O)[C@H]1OC(C)=O. The van der Waals surface area contributed by atoms with E-state index in [1.807, 2.05) is 0 Å². The van der Waals surface area contributed by atoms with Crippen molar-refractivity contribution in [1.82, 2.24) is 0 Å². The van der Waals surface area contributed by atoms with E-state index in [0.29, 0.717) is 17.6 Å². The summed E-state index contributed by atoms with van der Waals surface area (Å²) >= 11 is 0. The molecular weight excluding hydrogens is 372 g/mol. The van der Waals surface area contributed by atoms with Gasteiger partial charge in [-0.05, 0) is 31.2 Å². The Morgan fingerprint density at radius 1 is 1.07 bits per heavy atom. The van der Waals surface area contributed by atoms with Crippen LogP contribution in [0.2, 0.25) is 0 Å². The monoisotopic (exact) mass is 394 g/mol. The Kier molecular flexibility index (Phi) is 7.11. The highest BCUT2D eigenvalue weighted by Crippen LogP contribution is 2.34. The zero-order valence-electron chi connectivity index (χ0n) is 15.7. The molecule has 0 saturated carbocycles. The van der Waals surface area contributed by atoms with E-state index in [0.717, 1.165) is 0 Å². The fourth-order valence-corrected chi connectivity index (χ4v) is 3.05. The van der Waals surface area contributed by atoms with Gasteiger partial charge in [-0.15, -0.1) is 0 Å². The van der Waals surface area contributed by atoms with Crippen LogP contribution in [0.1, 0.15) is 37.6 Å². The molecule has 0 aliphatic carbocycles. The highest BCUT2D eigenvalue weighted by molar-refractivity contribution is 5.74. The third kappa shape index (κ3) is 5.53. The molecule has 0 unspecified atom stereocenters. The van der Waals surface area contributed by atoms with Gasteiger partial charge in [0.15, 0.2) is 6.10 Å². The first kappa shape index (κ1) is 21.4. The molecule has 5 atom stereocenters. The van der Waals surface area contributed by atoms with Crippen LogP contribution in [-0.4, -0.2) is 53.9 Å². The Morgan fingerprint density at radius 2 is 1.64 bits per heavy atom. The van der Waals surface area contributed by atoms with E-state index in [-0.39, 0.29) is 6.42 Å². The van der Waals surface area contributed by atoms with E-state index in [4.69, 9.17) is 18.9 Å². The average Bonchev–Trinajstić information content (AvgIpc) is 2.61. The Labute approximate surface area is 161 Å². The summed E-state index contributed by atoms with van der Waals surface area (Å²) in [4.78, 5) is 45.2. The van der Waals surface area contributed by atoms with Crippen LogP contribution in [0, 0.1) is 5.92 Å². The van der Waals surface area contributed by atoms with Crippen LogP contribution in [0.5, 0.6) is 5.75 Å². The van der Waals surface area contributed by atoms with Gasteiger partial charge in [-0.2, -0.15) is 0 Å². The third-order valence-electron chi connectivity index (χ3n) is 4.25. The number of ether oxygens (including phenoxy) is 4. The number of rotatable bonds is 7. The van der Waals surface area contributed by atoms with Gasteiger partial charge in [-0.25, -0.2) is 0 Å². The molecular formula is C19H22O9. The molecule has 2 rings (SSSR count). The van der Waals surface area contributed by atoms with Gasteiger partial charge in [0.25, 0.3) is 0 Å². The zero-order chi connectivity index (χ0) is 20.8. The second kappa shape index (κ2) is 9.32. The topological polar surface area (TPSA) is 125 Å². The molecule has 1 N–H and O–H groups in total. The van der Waals surface area contributed by atoms with Crippen LogP contribution in [0.3, 0.4) is 0 Å². The molecule has 1 aliphatic rings. The van der Waals surface area contributed by atoms with E-state index in [1.165, 1.54) is 38.1 Å². The van der Waals surface area contributed by atoms with Crippen LogP contribution in [0.4, 0.5) is 0 Å². The maximum Gasteiger partial charge on any atom is 0.303 e. The van der Waals surface area contributed by atoms with Gasteiger partial charge in [0, 0.05) is 25.3 Å². The Balaban J connectivity index is 2.33. The minimum atomic E-state index is -1.17. The van der Waals surface area contributed by atoms with E-state index in [9.17, 15) is 24.3 Å². The largest absolute Gasteiger partial charge is 0.481 e. The third-order valence-corrected chi connectivity index (χ3v) is 4.25. The molecule has 0 bridgehead atoms. The van der Waals surface area contributed by atoms with Gasteiger partial charge in [0.1, 0.15) is 12.0 Å². The van der Waals surface area contributed by atoms with Gasteiger partial charge in [-0.3, -0.25) is 19.2 Å². The number of benzene rings is 1. The molecule has 1 aromatic carbocycles. The van der Waals surface area contributed by atoms with Gasteiger partial charge in [0.2, 0.25) is 12.4 Å². The fraction of sp³-hybridized carbons (Fsp3) is 0.474. The van der Waals surface area contributed by atoms with Crippen molar-refractivity contribution in [2.24, 2.45) is 5.92 Å². The highest BCUT2D eigenvalue weighted by Gasteiger charge is 2.50. The van der Waals surface area contributed by atoms with Crippen molar-refractivity contribution >= 4 is 24.2 Å². The first-order valence-corrected chi connectivity index (χ1v) is 8.65. The zero-order valence-corrected chi connectivity index (χ0v) is 15.7. The lowest BCUT2D eigenvalue weighted by atomic mass is 9.86. The predicted octanol–water partition coefficient (Wildman–Crippen LogP) is 1.58. The molecule has 1 fully saturated rings. The summed E-state index contributed by atoms with van der Waals surface area (Å²) in [5.74, 6) is -2.84. The normalized spacial score (nSPS) is 26.8. The quantitative estimate of drug-likeness (QED) is 0.542. The summed E-state index contributed by atoms with van der Waals surface area (Å²) in [5.41, 5.74) is 0.445. The summed E-state index contributed by atoms with van der Waals surface area (Å²) in [7, 11) is 0. The number of aliphatic carboxylic acids is 1. The van der Waals surface area contributed by atoms with Crippen LogP contribution in [0.25, 0.3) is 0 Å². The maximum atomic E-state index is 11.6. The Bertz CT molecular complexity index is 727. The van der Waals surface area contributed by atoms with Gasteiger partial charge in [0.05, 0.1) is 12.5 Å². The second-order valence-corrected chi connectivity index (χ2v) is 6.42. The van der Waals surface area contributed by atoms with Crippen molar-refractivity contribution in [3.8, 4) is 5.75 Å². The van der Waals surface area contributed by atoms with Crippen molar-refractivity contribution < 1.29 is 43.2 Å². The lowest BCUT2D eigenvalue weighted by Gasteiger charge is -2.43. The molecule has 1 aromatic rings. The van der Waals surface area contributed by atoms with Crippen molar-refractivity contribution in [1.29, 1.82) is 0 Å². The van der Waals surface area contributed by atoms with Crippen molar-refractivity contribution in [3.63, 3.8) is 0 Å². The molecule has 152 valence electrons. The molecule has 1 aliphatic heterocycles. The Morgan fingerprint density at radius 3 is 2.14 bits per heavy atom. The van der Waals surface area contributed by atoms with Crippen LogP contribution in [0.15, 0.2) is 24.3 Å². The molecule has 9 heteroatoms. The van der Waals surface area contributed by atoms with Gasteiger partial charge >= 0.3 is 17.9 Å². The fourth-order valence-electron chi connectivity index (χ4n) is 3.05. The van der Waals surface area contributed by atoms with Crippen molar-refractivity contribution in [2.75, 3.05) is 0 Å². The maximum absolute atomic E-state index is 11.6. The Hall–Kier alpha value is -2.94. The summed E-state index contributed by atoms with van der Waals surface area (Å²) < 4.78 is 22.1. The first-order chi connectivity index (χ1) is 13.2. The lowest BCUT2D eigenvalue weighted by Crippen LogP contribution is -2.58. The number of hydrogen-bond donors (Lipinski definition) is 1. The van der Waals surface area contributed by atoms with E-state index >= 15 is 0 Å². The summed E-state index contributed by atoms with van der Waals surface area (Å²) in [6, 6.07) is 6.14. The van der Waals surface area contributed by atoms with Crippen molar-refractivity contribution in [2.45, 2.75) is 51.8 Å². The molecule has 9 nitrogen and oxygen atoms in total. The van der Waals surface area contributed by atoms with Crippen LogP contribution in [-0.2, 0) is 28.6 Å².